The predicted octanol–water partition coefficient (Wildman–Crippen LogP) is 5.05. The van der Waals surface area contributed by atoms with E-state index in [2.05, 4.69) is 4.74 Å². The highest BCUT2D eigenvalue weighted by atomic mass is 32.1. The van der Waals surface area contributed by atoms with Crippen LogP contribution in [0, 0.1) is 5.82 Å². The molecule has 4 rings (SSSR count). The van der Waals surface area contributed by atoms with Gasteiger partial charge in [0.15, 0.2) is 0 Å². The fraction of sp³-hybridized carbons (Fsp3) is 0.227. The zero-order valence-corrected chi connectivity index (χ0v) is 17.3. The summed E-state index contributed by atoms with van der Waals surface area (Å²) in [6.45, 7) is 0.736. The third kappa shape index (κ3) is 4.77. The van der Waals surface area contributed by atoms with Gasteiger partial charge in [-0.3, -0.25) is 14.9 Å². The molecule has 10 heteroatoms. The number of hydroxylamine groups is 1. The topological polar surface area (TPSA) is 61.8 Å². The lowest BCUT2D eigenvalue weighted by Crippen LogP contribution is -2.35. The number of carbonyl (C=O) groups is 1. The van der Waals surface area contributed by atoms with Gasteiger partial charge in [-0.2, -0.15) is 0 Å². The van der Waals surface area contributed by atoms with Gasteiger partial charge in [-0.05, 0) is 41.8 Å². The highest BCUT2D eigenvalue weighted by Gasteiger charge is 2.34. The van der Waals surface area contributed by atoms with Crippen LogP contribution < -0.4 is 10.2 Å². The summed E-state index contributed by atoms with van der Waals surface area (Å²) < 4.78 is 56.6. The molecule has 3 aromatic rings. The average Bonchev–Trinajstić information content (AvgIpc) is 3.17. The first-order chi connectivity index (χ1) is 15.2. The summed E-state index contributed by atoms with van der Waals surface area (Å²) in [7, 11) is 0. The Morgan fingerprint density at radius 1 is 1.19 bits per heavy atom. The van der Waals surface area contributed by atoms with E-state index in [1.165, 1.54) is 24.3 Å². The number of hydrogen-bond acceptors (Lipinski definition) is 5. The van der Waals surface area contributed by atoms with Gasteiger partial charge in [-0.15, -0.1) is 24.5 Å². The van der Waals surface area contributed by atoms with Crippen molar-refractivity contribution in [1.29, 1.82) is 0 Å². The van der Waals surface area contributed by atoms with Crippen LogP contribution in [0.2, 0.25) is 0 Å². The van der Waals surface area contributed by atoms with Crippen LogP contribution in [0.15, 0.2) is 54.6 Å². The van der Waals surface area contributed by atoms with E-state index in [4.69, 9.17) is 5.21 Å². The Bertz CT molecular complexity index is 1130. The molecule has 0 radical (unpaired) electrons. The lowest BCUT2D eigenvalue weighted by molar-refractivity contribution is -0.274. The molecule has 1 aliphatic rings. The molecular formula is C22H18F4N2O3S. The number of ether oxygens (including phenoxy) is 1. The standard InChI is InChI=1S/C22H18F4N2O3S/c23-17-7-2-1-6-16(17)19-20-14(11-18(32-20)21(29)27-30)8-9-28(19)12-13-4-3-5-15(10-13)31-22(24,25)26/h1-7,10-11,19,30H,8-9,12H2,(H,27,29). The number of nitrogens with one attached hydrogen (secondary N) is 1. The van der Waals surface area contributed by atoms with Crippen molar-refractivity contribution in [2.45, 2.75) is 25.4 Å². The molecule has 32 heavy (non-hydrogen) atoms. The second-order valence-corrected chi connectivity index (χ2v) is 8.36. The Hall–Kier alpha value is -2.95. The third-order valence-corrected chi connectivity index (χ3v) is 6.39. The number of benzene rings is 2. The Labute approximate surface area is 184 Å². The van der Waals surface area contributed by atoms with Gasteiger partial charge in [-0.1, -0.05) is 30.3 Å². The number of thiophene rings is 1. The normalized spacial score (nSPS) is 16.5. The summed E-state index contributed by atoms with van der Waals surface area (Å²) in [5.74, 6) is -1.40. The number of hydrogen-bond donors (Lipinski definition) is 2. The lowest BCUT2D eigenvalue weighted by Gasteiger charge is -2.36. The summed E-state index contributed by atoms with van der Waals surface area (Å²) >= 11 is 1.15. The van der Waals surface area contributed by atoms with Crippen molar-refractivity contribution < 1.29 is 32.3 Å². The van der Waals surface area contributed by atoms with Crippen LogP contribution in [0.3, 0.4) is 0 Å². The molecule has 2 heterocycles. The second-order valence-electron chi connectivity index (χ2n) is 7.28. The maximum atomic E-state index is 14.8. The number of carbonyl (C=O) groups excluding carboxylic acids is 1. The van der Waals surface area contributed by atoms with Crippen molar-refractivity contribution in [2.75, 3.05) is 6.54 Å². The van der Waals surface area contributed by atoms with E-state index >= 15 is 0 Å². The predicted molar refractivity (Wildman–Crippen MR) is 109 cm³/mol. The van der Waals surface area contributed by atoms with E-state index < -0.39 is 24.1 Å². The van der Waals surface area contributed by atoms with E-state index in [0.717, 1.165) is 21.8 Å². The van der Waals surface area contributed by atoms with Crippen LogP contribution in [-0.4, -0.2) is 28.9 Å². The Balaban J connectivity index is 1.70. The largest absolute Gasteiger partial charge is 0.573 e. The Morgan fingerprint density at radius 2 is 1.97 bits per heavy atom. The van der Waals surface area contributed by atoms with Crippen LogP contribution in [0.4, 0.5) is 17.6 Å². The minimum atomic E-state index is -4.80. The summed E-state index contributed by atoms with van der Waals surface area (Å²) in [5, 5.41) is 8.97. The summed E-state index contributed by atoms with van der Waals surface area (Å²) in [6.07, 6.45) is -4.23. The molecule has 0 aliphatic carbocycles. The fourth-order valence-electron chi connectivity index (χ4n) is 3.88. The van der Waals surface area contributed by atoms with Crippen molar-refractivity contribution in [3.63, 3.8) is 0 Å². The van der Waals surface area contributed by atoms with Crippen LogP contribution in [-0.2, 0) is 13.0 Å². The number of fused-ring (bicyclic) bond motifs is 1. The molecule has 1 atom stereocenters. The second kappa shape index (κ2) is 8.89. The Kier molecular flexibility index (Phi) is 6.18. The smallest absolute Gasteiger partial charge is 0.406 e. The number of rotatable bonds is 5. The van der Waals surface area contributed by atoms with Gasteiger partial charge in [0.2, 0.25) is 0 Å². The summed E-state index contributed by atoms with van der Waals surface area (Å²) in [5.41, 5.74) is 3.45. The third-order valence-electron chi connectivity index (χ3n) is 5.17. The quantitative estimate of drug-likeness (QED) is 0.314. The van der Waals surface area contributed by atoms with Gasteiger partial charge in [0.1, 0.15) is 11.6 Å². The highest BCUT2D eigenvalue weighted by molar-refractivity contribution is 7.14. The summed E-state index contributed by atoms with van der Waals surface area (Å²) in [6, 6.07) is 13.1. The maximum absolute atomic E-state index is 14.8. The number of amides is 1. The number of halogens is 4. The molecule has 1 unspecified atom stereocenters. The van der Waals surface area contributed by atoms with Crippen LogP contribution in [0.25, 0.3) is 0 Å². The molecule has 2 aromatic carbocycles. The molecule has 1 aliphatic heterocycles. The SMILES string of the molecule is O=C(NO)c1cc2c(s1)C(c1ccccc1F)N(Cc1cccc(OC(F)(F)F)c1)CC2. The zero-order valence-electron chi connectivity index (χ0n) is 16.5. The molecule has 1 aromatic heterocycles. The molecule has 168 valence electrons. The van der Waals surface area contributed by atoms with Crippen molar-refractivity contribution in [1.82, 2.24) is 10.4 Å². The van der Waals surface area contributed by atoms with E-state index in [1.807, 2.05) is 4.90 Å². The van der Waals surface area contributed by atoms with Gasteiger partial charge >= 0.3 is 6.36 Å². The van der Waals surface area contributed by atoms with Crippen LogP contribution >= 0.6 is 11.3 Å². The number of alkyl halides is 3. The molecule has 0 bridgehead atoms. The van der Waals surface area contributed by atoms with Crippen molar-refractivity contribution in [2.24, 2.45) is 0 Å². The van der Waals surface area contributed by atoms with Gasteiger partial charge in [0.05, 0.1) is 10.9 Å². The first kappa shape index (κ1) is 22.3. The molecule has 5 nitrogen and oxygen atoms in total. The molecule has 0 saturated carbocycles. The Morgan fingerprint density at radius 3 is 2.69 bits per heavy atom. The fourth-order valence-corrected chi connectivity index (χ4v) is 5.13. The van der Waals surface area contributed by atoms with E-state index in [-0.39, 0.29) is 12.3 Å². The van der Waals surface area contributed by atoms with Gasteiger partial charge in [-0.25, -0.2) is 9.87 Å². The zero-order chi connectivity index (χ0) is 22.9. The van der Waals surface area contributed by atoms with E-state index in [9.17, 15) is 22.4 Å². The molecule has 0 saturated heterocycles. The van der Waals surface area contributed by atoms with Crippen molar-refractivity contribution in [3.05, 3.63) is 86.9 Å². The molecule has 0 fully saturated rings. The number of nitrogens with zero attached hydrogens (tertiary/aromatic N) is 1. The molecule has 2 N–H and O–H groups in total. The summed E-state index contributed by atoms with van der Waals surface area (Å²) in [4.78, 5) is 14.9. The highest BCUT2D eigenvalue weighted by Crippen LogP contribution is 2.42. The van der Waals surface area contributed by atoms with Crippen LogP contribution in [0.1, 0.15) is 37.3 Å². The van der Waals surface area contributed by atoms with Gasteiger partial charge in [0.25, 0.3) is 5.91 Å². The van der Waals surface area contributed by atoms with Gasteiger partial charge in [0, 0.05) is 23.5 Å². The van der Waals surface area contributed by atoms with Crippen LogP contribution in [0.5, 0.6) is 5.75 Å². The van der Waals surface area contributed by atoms with Gasteiger partial charge < -0.3 is 4.74 Å². The molecular weight excluding hydrogens is 448 g/mol. The first-order valence-corrected chi connectivity index (χ1v) is 10.5. The monoisotopic (exact) mass is 466 g/mol. The van der Waals surface area contributed by atoms with E-state index in [0.29, 0.717) is 29.0 Å². The maximum Gasteiger partial charge on any atom is 0.573 e. The average molecular weight is 466 g/mol. The van der Waals surface area contributed by atoms with Crippen molar-refractivity contribution >= 4 is 17.2 Å². The van der Waals surface area contributed by atoms with Crippen molar-refractivity contribution in [3.8, 4) is 5.75 Å². The minimum absolute atomic E-state index is 0.243. The first-order valence-electron chi connectivity index (χ1n) is 9.65. The van der Waals surface area contributed by atoms with E-state index in [1.54, 1.807) is 35.8 Å². The lowest BCUT2D eigenvalue weighted by atomic mass is 9.94. The molecule has 0 spiro atoms. The molecule has 1 amide bonds. The minimum Gasteiger partial charge on any atom is -0.406 e.